The van der Waals surface area contributed by atoms with Crippen LogP contribution >= 0.6 is 0 Å². The molecule has 0 fully saturated rings. The number of aromatic nitrogens is 2. The Morgan fingerprint density at radius 3 is 2.69 bits per heavy atom. The van der Waals surface area contributed by atoms with E-state index in [1.165, 1.54) is 27.4 Å². The molecule has 0 saturated heterocycles. The predicted octanol–water partition coefficient (Wildman–Crippen LogP) is 3.34. The van der Waals surface area contributed by atoms with Gasteiger partial charge in [0.25, 0.3) is 0 Å². The van der Waals surface area contributed by atoms with E-state index in [9.17, 15) is 0 Å². The summed E-state index contributed by atoms with van der Waals surface area (Å²) in [5.41, 5.74) is 5.04. The minimum Gasteiger partial charge on any atom is -0.328 e. The minimum atomic E-state index is 1.06. The molecule has 80 valence electrons. The van der Waals surface area contributed by atoms with Gasteiger partial charge in [0.15, 0.2) is 0 Å². The van der Waals surface area contributed by atoms with E-state index in [0.717, 1.165) is 5.65 Å². The number of hydrogen-bond donors (Lipinski definition) is 0. The van der Waals surface area contributed by atoms with E-state index in [2.05, 4.69) is 48.6 Å². The summed E-state index contributed by atoms with van der Waals surface area (Å²) < 4.78 is 2.19. The topological polar surface area (TPSA) is 17.8 Å². The first-order chi connectivity index (χ1) is 7.70. The van der Waals surface area contributed by atoms with Crippen molar-refractivity contribution in [2.24, 2.45) is 7.05 Å². The Hall–Kier alpha value is -1.83. The second kappa shape index (κ2) is 3.08. The van der Waals surface area contributed by atoms with E-state index >= 15 is 0 Å². The Bertz CT molecular complexity index is 693. The molecular formula is C14H14N2. The van der Waals surface area contributed by atoms with E-state index in [4.69, 9.17) is 0 Å². The molecule has 0 spiro atoms. The lowest BCUT2D eigenvalue weighted by atomic mass is 10.1. The van der Waals surface area contributed by atoms with Gasteiger partial charge in [-0.05, 0) is 37.1 Å². The molecule has 2 nitrogen and oxygen atoms in total. The molecule has 0 radical (unpaired) electrons. The quantitative estimate of drug-likeness (QED) is 0.556. The highest BCUT2D eigenvalue weighted by Gasteiger charge is 2.11. The highest BCUT2D eigenvalue weighted by molar-refractivity contribution is 6.07. The normalized spacial score (nSPS) is 11.4. The van der Waals surface area contributed by atoms with Gasteiger partial charge < -0.3 is 4.57 Å². The fraction of sp³-hybridized carbons (Fsp3) is 0.214. The van der Waals surface area contributed by atoms with Gasteiger partial charge in [-0.1, -0.05) is 12.1 Å². The van der Waals surface area contributed by atoms with Gasteiger partial charge in [-0.15, -0.1) is 0 Å². The van der Waals surface area contributed by atoms with Crippen molar-refractivity contribution >= 4 is 21.9 Å². The Morgan fingerprint density at radius 2 is 1.88 bits per heavy atom. The molecule has 0 amide bonds. The van der Waals surface area contributed by atoms with Crippen molar-refractivity contribution in [2.45, 2.75) is 13.8 Å². The first-order valence-corrected chi connectivity index (χ1v) is 5.49. The molecule has 0 bridgehead atoms. The molecule has 0 aliphatic rings. The van der Waals surface area contributed by atoms with Crippen LogP contribution in [0.3, 0.4) is 0 Å². The Balaban J connectivity index is 2.67. The number of hydrogen-bond acceptors (Lipinski definition) is 1. The number of benzene rings is 1. The van der Waals surface area contributed by atoms with Gasteiger partial charge in [0.05, 0.1) is 5.52 Å². The molecule has 0 atom stereocenters. The van der Waals surface area contributed by atoms with E-state index in [-0.39, 0.29) is 0 Å². The van der Waals surface area contributed by atoms with Crippen molar-refractivity contribution in [3.63, 3.8) is 0 Å². The summed E-state index contributed by atoms with van der Waals surface area (Å²) in [4.78, 5) is 4.45. The molecule has 16 heavy (non-hydrogen) atoms. The Labute approximate surface area is 94.5 Å². The largest absolute Gasteiger partial charge is 0.328 e. The van der Waals surface area contributed by atoms with Gasteiger partial charge >= 0.3 is 0 Å². The van der Waals surface area contributed by atoms with Gasteiger partial charge in [0.1, 0.15) is 5.65 Å². The standard InChI is InChI=1S/C14H14N2/c1-9-6-7-11-12-5-4-8-15-14(12)16(3)13(11)10(9)2/h4-8H,1-3H3. The molecule has 0 aliphatic carbocycles. The number of pyridine rings is 1. The fourth-order valence-electron chi connectivity index (χ4n) is 2.43. The summed E-state index contributed by atoms with van der Waals surface area (Å²) >= 11 is 0. The molecule has 2 heteroatoms. The van der Waals surface area contributed by atoms with Crippen molar-refractivity contribution in [3.05, 3.63) is 41.6 Å². The summed E-state index contributed by atoms with van der Waals surface area (Å²) in [5.74, 6) is 0. The van der Waals surface area contributed by atoms with Crippen molar-refractivity contribution in [3.8, 4) is 0 Å². The molecule has 2 heterocycles. The molecule has 2 aromatic heterocycles. The van der Waals surface area contributed by atoms with Crippen molar-refractivity contribution < 1.29 is 0 Å². The lowest BCUT2D eigenvalue weighted by molar-refractivity contribution is 0.983. The lowest BCUT2D eigenvalue weighted by Crippen LogP contribution is -1.92. The van der Waals surface area contributed by atoms with Crippen LogP contribution in [0, 0.1) is 13.8 Å². The second-order valence-corrected chi connectivity index (χ2v) is 4.34. The van der Waals surface area contributed by atoms with Gasteiger partial charge in [0, 0.05) is 24.0 Å². The molecule has 3 aromatic rings. The van der Waals surface area contributed by atoms with Crippen molar-refractivity contribution in [1.29, 1.82) is 0 Å². The summed E-state index contributed by atoms with van der Waals surface area (Å²) in [6.45, 7) is 4.33. The summed E-state index contributed by atoms with van der Waals surface area (Å²) in [7, 11) is 2.09. The SMILES string of the molecule is Cc1ccc2c3cccnc3n(C)c2c1C. The zero-order valence-electron chi connectivity index (χ0n) is 9.78. The van der Waals surface area contributed by atoms with Gasteiger partial charge in [-0.25, -0.2) is 4.98 Å². The highest BCUT2D eigenvalue weighted by atomic mass is 15.0. The second-order valence-electron chi connectivity index (χ2n) is 4.34. The summed E-state index contributed by atoms with van der Waals surface area (Å²) in [6.07, 6.45) is 1.85. The smallest absolute Gasteiger partial charge is 0.140 e. The third-order valence-electron chi connectivity index (χ3n) is 3.43. The van der Waals surface area contributed by atoms with Crippen LogP contribution in [0.4, 0.5) is 0 Å². The Morgan fingerprint density at radius 1 is 1.06 bits per heavy atom. The maximum absolute atomic E-state index is 4.45. The number of nitrogens with zero attached hydrogens (tertiary/aromatic N) is 2. The Kier molecular flexibility index (Phi) is 1.81. The highest BCUT2D eigenvalue weighted by Crippen LogP contribution is 2.29. The number of aryl methyl sites for hydroxylation is 3. The third-order valence-corrected chi connectivity index (χ3v) is 3.43. The molecule has 1 aromatic carbocycles. The first-order valence-electron chi connectivity index (χ1n) is 5.49. The van der Waals surface area contributed by atoms with E-state index in [0.29, 0.717) is 0 Å². The third kappa shape index (κ3) is 1.04. The lowest BCUT2D eigenvalue weighted by Gasteiger charge is -2.04. The van der Waals surface area contributed by atoms with Crippen LogP contribution in [0.15, 0.2) is 30.5 Å². The first kappa shape index (κ1) is 9.40. The molecule has 0 saturated carbocycles. The van der Waals surface area contributed by atoms with Gasteiger partial charge in [-0.2, -0.15) is 0 Å². The van der Waals surface area contributed by atoms with Crippen LogP contribution < -0.4 is 0 Å². The van der Waals surface area contributed by atoms with Crippen LogP contribution in [-0.4, -0.2) is 9.55 Å². The van der Waals surface area contributed by atoms with Crippen LogP contribution in [0.2, 0.25) is 0 Å². The zero-order chi connectivity index (χ0) is 11.3. The summed E-state index contributed by atoms with van der Waals surface area (Å²) in [5, 5.41) is 2.54. The maximum Gasteiger partial charge on any atom is 0.140 e. The molecular weight excluding hydrogens is 196 g/mol. The van der Waals surface area contributed by atoms with Crippen LogP contribution in [0.5, 0.6) is 0 Å². The van der Waals surface area contributed by atoms with E-state index < -0.39 is 0 Å². The number of rotatable bonds is 0. The zero-order valence-corrected chi connectivity index (χ0v) is 9.78. The molecule has 0 N–H and O–H groups in total. The minimum absolute atomic E-state index is 1.06. The summed E-state index contributed by atoms with van der Waals surface area (Å²) in [6, 6.07) is 8.52. The van der Waals surface area contributed by atoms with Crippen LogP contribution in [0.1, 0.15) is 11.1 Å². The van der Waals surface area contributed by atoms with Gasteiger partial charge in [0.2, 0.25) is 0 Å². The fourth-order valence-corrected chi connectivity index (χ4v) is 2.43. The maximum atomic E-state index is 4.45. The number of fused-ring (bicyclic) bond motifs is 3. The molecule has 3 rings (SSSR count). The molecule has 0 unspecified atom stereocenters. The van der Waals surface area contributed by atoms with Crippen LogP contribution in [-0.2, 0) is 7.05 Å². The van der Waals surface area contributed by atoms with E-state index in [1.54, 1.807) is 0 Å². The predicted molar refractivity (Wildman–Crippen MR) is 67.7 cm³/mol. The molecule has 0 aliphatic heterocycles. The average Bonchev–Trinajstić information content (AvgIpc) is 2.59. The average molecular weight is 210 g/mol. The van der Waals surface area contributed by atoms with Gasteiger partial charge in [-0.3, -0.25) is 0 Å². The van der Waals surface area contributed by atoms with Crippen molar-refractivity contribution in [2.75, 3.05) is 0 Å². The van der Waals surface area contributed by atoms with Crippen LogP contribution in [0.25, 0.3) is 21.9 Å². The monoisotopic (exact) mass is 210 g/mol. The van der Waals surface area contributed by atoms with E-state index in [1.807, 2.05) is 12.3 Å². The van der Waals surface area contributed by atoms with Crippen molar-refractivity contribution in [1.82, 2.24) is 9.55 Å².